The van der Waals surface area contributed by atoms with Crippen LogP contribution >= 0.6 is 0 Å². The molecule has 1 saturated carbocycles. The predicted octanol–water partition coefficient (Wildman–Crippen LogP) is 4.58. The van der Waals surface area contributed by atoms with Gasteiger partial charge < -0.3 is 15.0 Å². The largest absolute Gasteiger partial charge is 0.495 e. The van der Waals surface area contributed by atoms with Crippen LogP contribution in [0.5, 0.6) is 5.75 Å². The van der Waals surface area contributed by atoms with E-state index in [0.717, 1.165) is 64.0 Å². The van der Waals surface area contributed by atoms with Gasteiger partial charge in [-0.1, -0.05) is 37.5 Å². The molecular formula is C26H36N4O2. The first kappa shape index (κ1) is 22.6. The second-order valence-electron chi connectivity index (χ2n) is 9.26. The molecule has 2 aliphatic rings. The van der Waals surface area contributed by atoms with Crippen LogP contribution < -0.4 is 15.0 Å². The van der Waals surface area contributed by atoms with Crippen LogP contribution in [0.1, 0.15) is 45.4 Å². The molecule has 1 atom stereocenters. The van der Waals surface area contributed by atoms with Gasteiger partial charge in [-0.05, 0) is 50.5 Å². The number of carbonyl (C=O) groups excluding carboxylic acids is 1. The standard InChI is InChI=1S/C26H36N4O2/c1-21(29-16-18-30(19-17-29)22-10-4-5-11-23(22)32-2)20-26(13-7-3-8-14-26)25(31)28-24-12-6-9-15-27-24/h4-6,9-12,15,21H,3,7-8,13-14,16-20H2,1-2H3,(H,27,28,31). The number of para-hydroxylation sites is 2. The summed E-state index contributed by atoms with van der Waals surface area (Å²) in [5.41, 5.74) is 0.871. The van der Waals surface area contributed by atoms with Gasteiger partial charge in [-0.2, -0.15) is 0 Å². The maximum Gasteiger partial charge on any atom is 0.231 e. The first-order valence-corrected chi connectivity index (χ1v) is 12.0. The molecule has 1 aliphatic heterocycles. The van der Waals surface area contributed by atoms with Crippen molar-refractivity contribution in [1.82, 2.24) is 9.88 Å². The molecular weight excluding hydrogens is 400 g/mol. The number of methoxy groups -OCH3 is 1. The molecule has 2 aromatic rings. The van der Waals surface area contributed by atoms with Crippen molar-refractivity contribution in [2.75, 3.05) is 43.5 Å². The van der Waals surface area contributed by atoms with Crippen molar-refractivity contribution >= 4 is 17.4 Å². The van der Waals surface area contributed by atoms with E-state index in [1.54, 1.807) is 13.3 Å². The average molecular weight is 437 g/mol. The first-order valence-electron chi connectivity index (χ1n) is 12.0. The predicted molar refractivity (Wildman–Crippen MR) is 129 cm³/mol. The van der Waals surface area contributed by atoms with E-state index in [1.165, 1.54) is 12.1 Å². The zero-order chi connectivity index (χ0) is 22.4. The number of carbonyl (C=O) groups is 1. The highest BCUT2D eigenvalue weighted by atomic mass is 16.5. The van der Waals surface area contributed by atoms with E-state index >= 15 is 0 Å². The number of pyridine rings is 1. The van der Waals surface area contributed by atoms with Crippen LogP contribution in [-0.2, 0) is 4.79 Å². The Morgan fingerprint density at radius 1 is 1.06 bits per heavy atom. The second-order valence-corrected chi connectivity index (χ2v) is 9.26. The quantitative estimate of drug-likeness (QED) is 0.688. The van der Waals surface area contributed by atoms with E-state index in [9.17, 15) is 4.79 Å². The van der Waals surface area contributed by atoms with E-state index in [4.69, 9.17) is 4.74 Å². The minimum atomic E-state index is -0.297. The van der Waals surface area contributed by atoms with E-state index in [1.807, 2.05) is 30.3 Å². The Morgan fingerprint density at radius 2 is 1.78 bits per heavy atom. The van der Waals surface area contributed by atoms with Gasteiger partial charge in [-0.15, -0.1) is 0 Å². The summed E-state index contributed by atoms with van der Waals surface area (Å²) in [6, 6.07) is 14.3. The van der Waals surface area contributed by atoms with Crippen LogP contribution in [0.15, 0.2) is 48.7 Å². The molecule has 1 aromatic heterocycles. The van der Waals surface area contributed by atoms with Crippen LogP contribution in [-0.4, -0.2) is 55.1 Å². The lowest BCUT2D eigenvalue weighted by Crippen LogP contribution is -2.52. The second kappa shape index (κ2) is 10.3. The lowest BCUT2D eigenvalue weighted by Gasteiger charge is -2.43. The number of ether oxygens (including phenoxy) is 1. The SMILES string of the molecule is COc1ccccc1N1CCN(C(C)CC2(C(=O)Nc3ccccn3)CCCCC2)CC1. The topological polar surface area (TPSA) is 57.7 Å². The summed E-state index contributed by atoms with van der Waals surface area (Å²) in [5, 5.41) is 3.11. The molecule has 1 aliphatic carbocycles. The molecule has 2 heterocycles. The van der Waals surface area contributed by atoms with E-state index in [2.05, 4.69) is 39.2 Å². The molecule has 6 heteroatoms. The van der Waals surface area contributed by atoms with Gasteiger partial charge in [0, 0.05) is 38.4 Å². The van der Waals surface area contributed by atoms with Crippen molar-refractivity contribution in [3.63, 3.8) is 0 Å². The number of benzene rings is 1. The van der Waals surface area contributed by atoms with Crippen LogP contribution in [0.4, 0.5) is 11.5 Å². The number of rotatable bonds is 7. The first-order chi connectivity index (χ1) is 15.6. The summed E-state index contributed by atoms with van der Waals surface area (Å²) in [7, 11) is 1.73. The number of hydrogen-bond acceptors (Lipinski definition) is 5. The summed E-state index contributed by atoms with van der Waals surface area (Å²) >= 11 is 0. The third kappa shape index (κ3) is 5.07. The van der Waals surface area contributed by atoms with E-state index < -0.39 is 0 Å². The maximum absolute atomic E-state index is 13.4. The van der Waals surface area contributed by atoms with E-state index in [0.29, 0.717) is 11.9 Å². The lowest BCUT2D eigenvalue weighted by molar-refractivity contribution is -0.129. The molecule has 172 valence electrons. The number of nitrogens with zero attached hydrogens (tertiary/aromatic N) is 3. The molecule has 1 unspecified atom stereocenters. The zero-order valence-electron chi connectivity index (χ0n) is 19.4. The molecule has 0 radical (unpaired) electrons. The highest BCUT2D eigenvalue weighted by Crippen LogP contribution is 2.42. The number of hydrogen-bond donors (Lipinski definition) is 1. The fourth-order valence-corrected chi connectivity index (χ4v) is 5.43. The smallest absolute Gasteiger partial charge is 0.231 e. The Balaban J connectivity index is 1.39. The molecule has 1 saturated heterocycles. The Kier molecular flexibility index (Phi) is 7.30. The molecule has 1 N–H and O–H groups in total. The Morgan fingerprint density at radius 3 is 2.47 bits per heavy atom. The molecule has 6 nitrogen and oxygen atoms in total. The number of amides is 1. The van der Waals surface area contributed by atoms with Gasteiger partial charge in [0.2, 0.25) is 5.91 Å². The van der Waals surface area contributed by atoms with Gasteiger partial charge in [0.25, 0.3) is 0 Å². The van der Waals surface area contributed by atoms with E-state index in [-0.39, 0.29) is 11.3 Å². The van der Waals surface area contributed by atoms with Crippen molar-refractivity contribution in [1.29, 1.82) is 0 Å². The summed E-state index contributed by atoms with van der Waals surface area (Å²) in [6.07, 6.45) is 8.06. The van der Waals surface area contributed by atoms with Crippen molar-refractivity contribution in [2.24, 2.45) is 5.41 Å². The highest BCUT2D eigenvalue weighted by molar-refractivity contribution is 5.94. The monoisotopic (exact) mass is 436 g/mol. The maximum atomic E-state index is 13.4. The third-order valence-corrected chi connectivity index (χ3v) is 7.25. The summed E-state index contributed by atoms with van der Waals surface area (Å²) in [4.78, 5) is 22.7. The van der Waals surface area contributed by atoms with Gasteiger partial charge in [0.15, 0.2) is 0 Å². The Hall–Kier alpha value is -2.60. The molecule has 1 aromatic carbocycles. The Labute approximate surface area is 192 Å². The van der Waals surface area contributed by atoms with Crippen molar-refractivity contribution < 1.29 is 9.53 Å². The number of nitrogens with one attached hydrogen (secondary N) is 1. The number of aromatic nitrogens is 1. The third-order valence-electron chi connectivity index (χ3n) is 7.25. The normalized spacial score (nSPS) is 19.9. The molecule has 32 heavy (non-hydrogen) atoms. The van der Waals surface area contributed by atoms with Gasteiger partial charge in [0.1, 0.15) is 11.6 Å². The average Bonchev–Trinajstić information content (AvgIpc) is 2.85. The highest BCUT2D eigenvalue weighted by Gasteiger charge is 2.41. The minimum Gasteiger partial charge on any atom is -0.495 e. The van der Waals surface area contributed by atoms with Crippen LogP contribution in [0.2, 0.25) is 0 Å². The van der Waals surface area contributed by atoms with Gasteiger partial charge in [0.05, 0.1) is 18.2 Å². The fraction of sp³-hybridized carbons (Fsp3) is 0.538. The molecule has 0 spiro atoms. The summed E-state index contributed by atoms with van der Waals surface area (Å²) in [6.45, 7) is 6.23. The van der Waals surface area contributed by atoms with Crippen LogP contribution in [0.3, 0.4) is 0 Å². The fourth-order valence-electron chi connectivity index (χ4n) is 5.43. The van der Waals surface area contributed by atoms with Crippen LogP contribution in [0, 0.1) is 5.41 Å². The van der Waals surface area contributed by atoms with Crippen molar-refractivity contribution in [3.8, 4) is 5.75 Å². The zero-order valence-corrected chi connectivity index (χ0v) is 19.4. The molecule has 4 rings (SSSR count). The number of anilines is 2. The van der Waals surface area contributed by atoms with Crippen molar-refractivity contribution in [2.45, 2.75) is 51.5 Å². The summed E-state index contributed by atoms with van der Waals surface area (Å²) < 4.78 is 5.56. The van der Waals surface area contributed by atoms with Gasteiger partial charge >= 0.3 is 0 Å². The summed E-state index contributed by atoms with van der Waals surface area (Å²) in [5.74, 6) is 1.73. The minimum absolute atomic E-state index is 0.149. The van der Waals surface area contributed by atoms with Gasteiger partial charge in [-0.25, -0.2) is 4.98 Å². The van der Waals surface area contributed by atoms with Crippen LogP contribution in [0.25, 0.3) is 0 Å². The molecule has 1 amide bonds. The van der Waals surface area contributed by atoms with Crippen molar-refractivity contribution in [3.05, 3.63) is 48.7 Å². The van der Waals surface area contributed by atoms with Gasteiger partial charge in [-0.3, -0.25) is 9.69 Å². The molecule has 0 bridgehead atoms. The number of piperazine rings is 1. The lowest BCUT2D eigenvalue weighted by atomic mass is 9.69. The molecule has 2 fully saturated rings. The Bertz CT molecular complexity index is 874.